The lowest BCUT2D eigenvalue weighted by molar-refractivity contribution is -0.137. The van der Waals surface area contributed by atoms with Crippen molar-refractivity contribution < 1.29 is 19.7 Å². The van der Waals surface area contributed by atoms with Crippen molar-refractivity contribution in [3.63, 3.8) is 0 Å². The van der Waals surface area contributed by atoms with Crippen LogP contribution >= 0.6 is 0 Å². The molecule has 1 aromatic carbocycles. The van der Waals surface area contributed by atoms with Crippen molar-refractivity contribution in [1.29, 1.82) is 0 Å². The highest BCUT2D eigenvalue weighted by Crippen LogP contribution is 2.26. The van der Waals surface area contributed by atoms with Gasteiger partial charge in [0.1, 0.15) is 11.5 Å². The van der Waals surface area contributed by atoms with Crippen LogP contribution in [0.5, 0.6) is 11.5 Å². The number of carboxylic acid groups (broad SMARTS) is 1. The highest BCUT2D eigenvalue weighted by Gasteiger charge is 2.04. The van der Waals surface area contributed by atoms with Gasteiger partial charge in [-0.1, -0.05) is 0 Å². The van der Waals surface area contributed by atoms with E-state index in [1.54, 1.807) is 26.0 Å². The van der Waals surface area contributed by atoms with Crippen molar-refractivity contribution in [2.75, 3.05) is 6.61 Å². The maximum atomic E-state index is 10.3. The molecule has 0 aliphatic rings. The fraction of sp³-hybridized carbons (Fsp3) is 0.417. The smallest absolute Gasteiger partial charge is 0.303 e. The van der Waals surface area contributed by atoms with Gasteiger partial charge in [0, 0.05) is 6.42 Å². The Balaban J connectivity index is 2.52. The molecule has 0 saturated carbocycles. The van der Waals surface area contributed by atoms with Gasteiger partial charge in [0.15, 0.2) is 0 Å². The number of aliphatic carboxylic acids is 1. The number of carbonyl (C=O) groups is 1. The summed E-state index contributed by atoms with van der Waals surface area (Å²) in [5, 5.41) is 18.0. The van der Waals surface area contributed by atoms with Crippen LogP contribution in [0.4, 0.5) is 0 Å². The molecule has 0 amide bonds. The molecule has 0 unspecified atom stereocenters. The van der Waals surface area contributed by atoms with E-state index in [0.717, 1.165) is 11.1 Å². The monoisotopic (exact) mass is 224 g/mol. The van der Waals surface area contributed by atoms with Gasteiger partial charge in [0.25, 0.3) is 0 Å². The fourth-order valence-electron chi connectivity index (χ4n) is 1.41. The molecular formula is C12H16O4. The van der Waals surface area contributed by atoms with Gasteiger partial charge in [-0.25, -0.2) is 0 Å². The van der Waals surface area contributed by atoms with E-state index in [9.17, 15) is 9.90 Å². The average Bonchev–Trinajstić information content (AvgIpc) is 2.20. The zero-order chi connectivity index (χ0) is 12.1. The summed E-state index contributed by atoms with van der Waals surface area (Å²) in [5.74, 6) is 0.123. The minimum absolute atomic E-state index is 0.107. The van der Waals surface area contributed by atoms with Crippen LogP contribution in [0.1, 0.15) is 24.0 Å². The molecule has 0 radical (unpaired) electrons. The van der Waals surface area contributed by atoms with E-state index in [0.29, 0.717) is 18.8 Å². The molecule has 1 rings (SSSR count). The third-order valence-corrected chi connectivity index (χ3v) is 2.27. The van der Waals surface area contributed by atoms with Gasteiger partial charge in [-0.3, -0.25) is 4.79 Å². The van der Waals surface area contributed by atoms with Gasteiger partial charge in [-0.2, -0.15) is 0 Å². The number of rotatable bonds is 5. The van der Waals surface area contributed by atoms with Crippen molar-refractivity contribution in [3.8, 4) is 11.5 Å². The number of hydrogen-bond acceptors (Lipinski definition) is 3. The lowest BCUT2D eigenvalue weighted by atomic mass is 10.1. The summed E-state index contributed by atoms with van der Waals surface area (Å²) >= 11 is 0. The largest absolute Gasteiger partial charge is 0.507 e. The van der Waals surface area contributed by atoms with Crippen LogP contribution in [0.25, 0.3) is 0 Å². The molecule has 0 atom stereocenters. The summed E-state index contributed by atoms with van der Waals surface area (Å²) in [6.45, 7) is 3.97. The van der Waals surface area contributed by atoms with Crippen molar-refractivity contribution in [2.24, 2.45) is 0 Å². The standard InChI is InChI=1S/C12H16O4/c1-8-6-10(7-9(2)12(8)15)16-5-3-4-11(13)14/h6-7,15H,3-5H2,1-2H3,(H,13,14). The molecule has 0 fully saturated rings. The van der Waals surface area contributed by atoms with Gasteiger partial charge in [-0.05, 0) is 43.5 Å². The Labute approximate surface area is 94.5 Å². The predicted molar refractivity (Wildman–Crippen MR) is 59.9 cm³/mol. The molecule has 0 bridgehead atoms. The molecule has 0 aromatic heterocycles. The first-order valence-corrected chi connectivity index (χ1v) is 5.15. The summed E-state index contributed by atoms with van der Waals surface area (Å²) in [7, 11) is 0. The molecule has 0 spiro atoms. The predicted octanol–water partition coefficient (Wildman–Crippen LogP) is 2.25. The van der Waals surface area contributed by atoms with Gasteiger partial charge in [0.05, 0.1) is 6.61 Å². The molecular weight excluding hydrogens is 208 g/mol. The van der Waals surface area contributed by atoms with Crippen LogP contribution in [-0.4, -0.2) is 22.8 Å². The number of hydrogen-bond donors (Lipinski definition) is 2. The summed E-state index contributed by atoms with van der Waals surface area (Å²) in [6, 6.07) is 3.48. The maximum absolute atomic E-state index is 10.3. The Hall–Kier alpha value is -1.71. The summed E-state index contributed by atoms with van der Waals surface area (Å²) in [4.78, 5) is 10.3. The number of phenolic OH excluding ortho intramolecular Hbond substituents is 1. The number of phenols is 1. The second kappa shape index (κ2) is 5.39. The van der Waals surface area contributed by atoms with Gasteiger partial charge >= 0.3 is 5.97 Å². The zero-order valence-electron chi connectivity index (χ0n) is 9.49. The highest BCUT2D eigenvalue weighted by molar-refractivity contribution is 5.66. The average molecular weight is 224 g/mol. The Morgan fingerprint density at radius 1 is 1.31 bits per heavy atom. The first-order chi connectivity index (χ1) is 7.50. The third kappa shape index (κ3) is 3.46. The van der Waals surface area contributed by atoms with Gasteiger partial charge in [-0.15, -0.1) is 0 Å². The zero-order valence-corrected chi connectivity index (χ0v) is 9.49. The van der Waals surface area contributed by atoms with Crippen LogP contribution in [0.3, 0.4) is 0 Å². The van der Waals surface area contributed by atoms with Gasteiger partial charge < -0.3 is 14.9 Å². The van der Waals surface area contributed by atoms with Crippen LogP contribution in [-0.2, 0) is 4.79 Å². The first kappa shape index (κ1) is 12.4. The molecule has 0 aliphatic heterocycles. The summed E-state index contributed by atoms with van der Waals surface area (Å²) in [6.07, 6.45) is 0.588. The number of aromatic hydroxyl groups is 1. The number of aryl methyl sites for hydroxylation is 2. The molecule has 16 heavy (non-hydrogen) atoms. The minimum Gasteiger partial charge on any atom is -0.507 e. The molecule has 4 nitrogen and oxygen atoms in total. The molecule has 0 aliphatic carbocycles. The molecule has 4 heteroatoms. The van der Waals surface area contributed by atoms with Crippen LogP contribution < -0.4 is 4.74 Å². The van der Waals surface area contributed by atoms with E-state index in [1.807, 2.05) is 0 Å². The Morgan fingerprint density at radius 2 is 1.88 bits per heavy atom. The minimum atomic E-state index is -0.818. The Morgan fingerprint density at radius 3 is 2.38 bits per heavy atom. The maximum Gasteiger partial charge on any atom is 0.303 e. The number of ether oxygens (including phenoxy) is 1. The first-order valence-electron chi connectivity index (χ1n) is 5.15. The van der Waals surface area contributed by atoms with Crippen molar-refractivity contribution in [3.05, 3.63) is 23.3 Å². The Bertz CT molecular complexity index is 362. The fourth-order valence-corrected chi connectivity index (χ4v) is 1.41. The quantitative estimate of drug-likeness (QED) is 0.753. The molecule has 1 aromatic rings. The van der Waals surface area contributed by atoms with E-state index in [-0.39, 0.29) is 12.2 Å². The molecule has 0 saturated heterocycles. The van der Waals surface area contributed by atoms with E-state index < -0.39 is 5.97 Å². The van der Waals surface area contributed by atoms with E-state index in [2.05, 4.69) is 0 Å². The molecule has 88 valence electrons. The number of carboxylic acids is 1. The third-order valence-electron chi connectivity index (χ3n) is 2.27. The number of benzene rings is 1. The lowest BCUT2D eigenvalue weighted by Gasteiger charge is -2.09. The van der Waals surface area contributed by atoms with Crippen LogP contribution in [0.15, 0.2) is 12.1 Å². The highest BCUT2D eigenvalue weighted by atomic mass is 16.5. The van der Waals surface area contributed by atoms with Crippen LogP contribution in [0, 0.1) is 13.8 Å². The summed E-state index contributed by atoms with van der Waals surface area (Å²) < 4.78 is 5.40. The lowest BCUT2D eigenvalue weighted by Crippen LogP contribution is -2.02. The summed E-state index contributed by atoms with van der Waals surface area (Å²) in [5.41, 5.74) is 1.52. The molecule has 2 N–H and O–H groups in total. The van der Waals surface area contributed by atoms with Crippen LogP contribution in [0.2, 0.25) is 0 Å². The van der Waals surface area contributed by atoms with Crippen molar-refractivity contribution in [1.82, 2.24) is 0 Å². The van der Waals surface area contributed by atoms with E-state index in [1.165, 1.54) is 0 Å². The topological polar surface area (TPSA) is 66.8 Å². The van der Waals surface area contributed by atoms with E-state index in [4.69, 9.17) is 9.84 Å². The molecule has 0 heterocycles. The van der Waals surface area contributed by atoms with E-state index >= 15 is 0 Å². The van der Waals surface area contributed by atoms with Crippen molar-refractivity contribution >= 4 is 5.97 Å². The van der Waals surface area contributed by atoms with Gasteiger partial charge in [0.2, 0.25) is 0 Å². The second-order valence-electron chi connectivity index (χ2n) is 3.75. The normalized spacial score (nSPS) is 10.1. The van der Waals surface area contributed by atoms with Crippen molar-refractivity contribution in [2.45, 2.75) is 26.7 Å². The SMILES string of the molecule is Cc1cc(OCCCC(=O)O)cc(C)c1O. The Kier molecular flexibility index (Phi) is 4.17. The second-order valence-corrected chi connectivity index (χ2v) is 3.75.